The van der Waals surface area contributed by atoms with Crippen molar-refractivity contribution in [2.24, 2.45) is 5.73 Å². The van der Waals surface area contributed by atoms with Crippen molar-refractivity contribution in [2.75, 3.05) is 11.9 Å². The molecule has 1 aromatic carbocycles. The SMILES string of the molecule is Cc1cc(-c2ccnc(Nc3cnn(CC(=O)CN)c3)n2)ccc1CNC(=O)c1cnc(C(C)(C)C)s1. The molecule has 0 unspecified atom stereocenters. The van der Waals surface area contributed by atoms with Gasteiger partial charge in [-0.15, -0.1) is 11.3 Å². The molecule has 1 amide bonds. The van der Waals surface area contributed by atoms with Gasteiger partial charge in [-0.25, -0.2) is 15.0 Å². The Morgan fingerprint density at radius 2 is 1.95 bits per heavy atom. The average Bonchev–Trinajstić information content (AvgIpc) is 3.53. The van der Waals surface area contributed by atoms with Gasteiger partial charge in [0, 0.05) is 29.9 Å². The van der Waals surface area contributed by atoms with Gasteiger partial charge in [0.2, 0.25) is 5.95 Å². The largest absolute Gasteiger partial charge is 0.347 e. The Labute approximate surface area is 219 Å². The number of benzene rings is 1. The number of hydrogen-bond donors (Lipinski definition) is 3. The van der Waals surface area contributed by atoms with Crippen LogP contribution in [0.2, 0.25) is 0 Å². The van der Waals surface area contributed by atoms with E-state index in [2.05, 4.69) is 51.5 Å². The van der Waals surface area contributed by atoms with Gasteiger partial charge in [0.15, 0.2) is 5.78 Å². The van der Waals surface area contributed by atoms with E-state index in [1.165, 1.54) is 16.0 Å². The second-order valence-electron chi connectivity index (χ2n) is 9.66. The minimum Gasteiger partial charge on any atom is -0.347 e. The number of hydrogen-bond acceptors (Lipinski definition) is 9. The van der Waals surface area contributed by atoms with Gasteiger partial charge in [-0.3, -0.25) is 14.3 Å². The minimum atomic E-state index is -0.126. The smallest absolute Gasteiger partial charge is 0.263 e. The van der Waals surface area contributed by atoms with E-state index in [1.807, 2.05) is 31.2 Å². The van der Waals surface area contributed by atoms with E-state index in [4.69, 9.17) is 5.73 Å². The van der Waals surface area contributed by atoms with Crippen LogP contribution in [0.5, 0.6) is 0 Å². The third-order valence-electron chi connectivity index (χ3n) is 5.56. The topological polar surface area (TPSA) is 141 Å². The normalized spacial score (nSPS) is 11.4. The molecular weight excluding hydrogens is 488 g/mol. The predicted octanol–water partition coefficient (Wildman–Crippen LogP) is 3.60. The molecule has 37 heavy (non-hydrogen) atoms. The summed E-state index contributed by atoms with van der Waals surface area (Å²) < 4.78 is 1.51. The monoisotopic (exact) mass is 518 g/mol. The molecule has 0 spiro atoms. The number of nitrogens with two attached hydrogens (primary N) is 1. The Morgan fingerprint density at radius 1 is 1.14 bits per heavy atom. The van der Waals surface area contributed by atoms with Gasteiger partial charge in [0.1, 0.15) is 11.4 Å². The zero-order valence-corrected chi connectivity index (χ0v) is 22.1. The molecule has 0 atom stereocenters. The van der Waals surface area contributed by atoms with E-state index in [1.54, 1.807) is 24.8 Å². The van der Waals surface area contributed by atoms with Crippen molar-refractivity contribution >= 4 is 34.7 Å². The fraction of sp³-hybridized carbons (Fsp3) is 0.308. The number of nitrogens with zero attached hydrogens (tertiary/aromatic N) is 5. The summed E-state index contributed by atoms with van der Waals surface area (Å²) in [5.74, 6) is 0.179. The number of ketones is 1. The molecule has 0 aliphatic carbocycles. The number of anilines is 2. The summed E-state index contributed by atoms with van der Waals surface area (Å²) in [6.45, 7) is 8.76. The lowest BCUT2D eigenvalue weighted by atomic mass is 9.98. The first-order chi connectivity index (χ1) is 17.6. The van der Waals surface area contributed by atoms with E-state index >= 15 is 0 Å². The van der Waals surface area contributed by atoms with Gasteiger partial charge in [-0.2, -0.15) is 5.10 Å². The summed E-state index contributed by atoms with van der Waals surface area (Å²) in [5.41, 5.74) is 9.68. The quantitative estimate of drug-likeness (QED) is 0.305. The molecule has 0 saturated heterocycles. The molecule has 10 nitrogen and oxygen atoms in total. The van der Waals surface area contributed by atoms with Crippen LogP contribution in [0.25, 0.3) is 11.3 Å². The van der Waals surface area contributed by atoms with E-state index in [9.17, 15) is 9.59 Å². The molecule has 0 radical (unpaired) electrons. The molecule has 0 aliphatic heterocycles. The Bertz CT molecular complexity index is 1420. The lowest BCUT2D eigenvalue weighted by Crippen LogP contribution is -2.22. The number of aromatic nitrogens is 5. The number of carbonyl (C=O) groups is 2. The van der Waals surface area contributed by atoms with Crippen LogP contribution in [0.15, 0.2) is 49.1 Å². The lowest BCUT2D eigenvalue weighted by Gasteiger charge is -2.13. The van der Waals surface area contributed by atoms with Crippen LogP contribution in [-0.4, -0.2) is 43.0 Å². The highest BCUT2D eigenvalue weighted by molar-refractivity contribution is 7.13. The van der Waals surface area contributed by atoms with E-state index in [0.29, 0.717) is 23.1 Å². The molecular formula is C26H30N8O2S. The van der Waals surface area contributed by atoms with Crippen LogP contribution in [0.4, 0.5) is 11.6 Å². The van der Waals surface area contributed by atoms with Crippen molar-refractivity contribution in [2.45, 2.75) is 46.2 Å². The minimum absolute atomic E-state index is 0.0250. The Kier molecular flexibility index (Phi) is 7.74. The molecule has 4 N–H and O–H groups in total. The van der Waals surface area contributed by atoms with E-state index in [-0.39, 0.29) is 30.2 Å². The molecule has 4 rings (SSSR count). The zero-order chi connectivity index (χ0) is 26.6. The predicted molar refractivity (Wildman–Crippen MR) is 144 cm³/mol. The number of rotatable bonds is 9. The van der Waals surface area contributed by atoms with E-state index < -0.39 is 0 Å². The molecule has 3 heterocycles. The first-order valence-electron chi connectivity index (χ1n) is 11.8. The van der Waals surface area contributed by atoms with Gasteiger partial charge in [0.05, 0.1) is 35.3 Å². The summed E-state index contributed by atoms with van der Waals surface area (Å²) in [6, 6.07) is 7.84. The lowest BCUT2D eigenvalue weighted by molar-refractivity contribution is -0.118. The highest BCUT2D eigenvalue weighted by Crippen LogP contribution is 2.27. The highest BCUT2D eigenvalue weighted by Gasteiger charge is 2.20. The maximum atomic E-state index is 12.6. The van der Waals surface area contributed by atoms with E-state index in [0.717, 1.165) is 27.4 Å². The van der Waals surface area contributed by atoms with Crippen molar-refractivity contribution in [3.63, 3.8) is 0 Å². The van der Waals surface area contributed by atoms with Crippen molar-refractivity contribution in [1.82, 2.24) is 30.0 Å². The fourth-order valence-corrected chi connectivity index (χ4v) is 4.40. The van der Waals surface area contributed by atoms with Crippen molar-refractivity contribution in [3.8, 4) is 11.3 Å². The average molecular weight is 519 g/mol. The maximum Gasteiger partial charge on any atom is 0.263 e. The Balaban J connectivity index is 1.40. The van der Waals surface area contributed by atoms with Gasteiger partial charge in [-0.05, 0) is 30.2 Å². The Hall–Kier alpha value is -3.96. The van der Waals surface area contributed by atoms with Crippen LogP contribution in [0.3, 0.4) is 0 Å². The summed E-state index contributed by atoms with van der Waals surface area (Å²) in [6.07, 6.45) is 6.62. The van der Waals surface area contributed by atoms with Crippen LogP contribution < -0.4 is 16.4 Å². The van der Waals surface area contributed by atoms with Crippen molar-refractivity contribution in [3.05, 3.63) is 70.1 Å². The van der Waals surface area contributed by atoms with Gasteiger partial charge < -0.3 is 16.4 Å². The Morgan fingerprint density at radius 3 is 2.65 bits per heavy atom. The molecule has 0 fully saturated rings. The summed E-state index contributed by atoms with van der Waals surface area (Å²) >= 11 is 1.43. The molecule has 0 saturated carbocycles. The molecule has 11 heteroatoms. The van der Waals surface area contributed by atoms with Crippen LogP contribution >= 0.6 is 11.3 Å². The zero-order valence-electron chi connectivity index (χ0n) is 21.3. The number of carbonyl (C=O) groups excluding carboxylic acids is 2. The summed E-state index contributed by atoms with van der Waals surface area (Å²) in [5, 5.41) is 11.2. The van der Waals surface area contributed by atoms with Crippen LogP contribution in [0, 0.1) is 6.92 Å². The number of aryl methyl sites for hydroxylation is 1. The summed E-state index contributed by atoms with van der Waals surface area (Å²) in [4.78, 5) is 38.0. The number of amides is 1. The van der Waals surface area contributed by atoms with Crippen molar-refractivity contribution in [1.29, 1.82) is 0 Å². The number of Topliss-reactive ketones (excluding diaryl/α,β-unsaturated/α-hetero) is 1. The molecule has 4 aromatic rings. The first-order valence-corrected chi connectivity index (χ1v) is 12.6. The second kappa shape index (κ2) is 11.0. The van der Waals surface area contributed by atoms with Gasteiger partial charge in [0.25, 0.3) is 5.91 Å². The molecule has 3 aromatic heterocycles. The van der Waals surface area contributed by atoms with Crippen LogP contribution in [0.1, 0.15) is 46.6 Å². The fourth-order valence-electron chi connectivity index (χ4n) is 3.51. The number of nitrogens with one attached hydrogen (secondary N) is 2. The second-order valence-corrected chi connectivity index (χ2v) is 10.7. The third-order valence-corrected chi connectivity index (χ3v) is 6.98. The summed E-state index contributed by atoms with van der Waals surface area (Å²) in [7, 11) is 0. The first kappa shape index (κ1) is 26.1. The van der Waals surface area contributed by atoms with Gasteiger partial charge >= 0.3 is 0 Å². The van der Waals surface area contributed by atoms with Crippen molar-refractivity contribution < 1.29 is 9.59 Å². The molecule has 0 bridgehead atoms. The van der Waals surface area contributed by atoms with Crippen LogP contribution in [-0.2, 0) is 23.3 Å². The number of thiazole rings is 1. The maximum absolute atomic E-state index is 12.6. The van der Waals surface area contributed by atoms with Gasteiger partial charge in [-0.1, -0.05) is 32.9 Å². The highest BCUT2D eigenvalue weighted by atomic mass is 32.1. The third kappa shape index (κ3) is 6.63. The standard InChI is InChI=1S/C26H30N8O2S/c1-16-9-17(5-6-18(16)11-29-23(36)22-13-30-24(37-22)26(2,3)4)21-7-8-28-25(33-21)32-19-12-31-34(14-19)15-20(35)10-27/h5-9,12-14H,10-11,15,27H2,1-4H3,(H,29,36)(H,28,32,33). The molecule has 0 aliphatic rings. The molecule has 192 valence electrons.